The van der Waals surface area contributed by atoms with Gasteiger partial charge >= 0.3 is 0 Å². The molecule has 0 aliphatic rings. The highest BCUT2D eigenvalue weighted by molar-refractivity contribution is 14.1. The normalized spacial score (nSPS) is 10.1. The molecule has 2 nitrogen and oxygen atoms in total. The van der Waals surface area contributed by atoms with E-state index < -0.39 is 0 Å². The Morgan fingerprint density at radius 3 is 2.56 bits per heavy atom. The molecule has 0 saturated carbocycles. The Morgan fingerprint density at radius 2 is 1.89 bits per heavy atom. The molecule has 0 saturated heterocycles. The van der Waals surface area contributed by atoms with E-state index in [9.17, 15) is 4.79 Å². The second kappa shape index (κ2) is 6.24. The Morgan fingerprint density at radius 1 is 1.17 bits per heavy atom. The molecule has 0 unspecified atom stereocenters. The lowest BCUT2D eigenvalue weighted by atomic mass is 10.1. The maximum atomic E-state index is 11.8. The summed E-state index contributed by atoms with van der Waals surface area (Å²) < 4.78 is 1.10. The van der Waals surface area contributed by atoms with Crippen molar-refractivity contribution in [3.05, 3.63) is 57.7 Å². The van der Waals surface area contributed by atoms with Crippen molar-refractivity contribution in [2.45, 2.75) is 11.3 Å². The Bertz CT molecular complexity index is 554. The van der Waals surface area contributed by atoms with Crippen molar-refractivity contribution in [3.63, 3.8) is 0 Å². The molecule has 0 spiro atoms. The predicted octanol–water partition coefficient (Wildman–Crippen LogP) is 3.76. The quantitative estimate of drug-likeness (QED) is 0.626. The summed E-state index contributed by atoms with van der Waals surface area (Å²) in [4.78, 5) is 12.7. The van der Waals surface area contributed by atoms with E-state index in [1.54, 1.807) is 0 Å². The van der Waals surface area contributed by atoms with Crippen LogP contribution in [0.3, 0.4) is 0 Å². The van der Waals surface area contributed by atoms with Crippen molar-refractivity contribution < 1.29 is 4.79 Å². The SMILES string of the molecule is O=C(Cc1ccc(S)cc1)Nc1cccc(I)c1. The number of thiol groups is 1. The third kappa shape index (κ3) is 4.03. The van der Waals surface area contributed by atoms with Crippen molar-refractivity contribution in [1.82, 2.24) is 0 Å². The van der Waals surface area contributed by atoms with Gasteiger partial charge in [-0.2, -0.15) is 0 Å². The van der Waals surface area contributed by atoms with E-state index in [1.807, 2.05) is 48.5 Å². The molecule has 2 aromatic carbocycles. The number of benzene rings is 2. The van der Waals surface area contributed by atoms with Gasteiger partial charge in [0.25, 0.3) is 0 Å². The molecular formula is C14H12INOS. The molecule has 0 radical (unpaired) electrons. The van der Waals surface area contributed by atoms with Gasteiger partial charge in [-0.3, -0.25) is 4.79 Å². The standard InChI is InChI=1S/C14H12INOS/c15-11-2-1-3-12(9-11)16-14(17)8-10-4-6-13(18)7-5-10/h1-7,9,18H,8H2,(H,16,17). The average molecular weight is 369 g/mol. The van der Waals surface area contributed by atoms with E-state index in [-0.39, 0.29) is 5.91 Å². The number of hydrogen-bond donors (Lipinski definition) is 2. The Kier molecular flexibility index (Phi) is 4.66. The lowest BCUT2D eigenvalue weighted by Gasteiger charge is -2.06. The van der Waals surface area contributed by atoms with Crippen LogP contribution in [0.2, 0.25) is 0 Å². The third-order valence-electron chi connectivity index (χ3n) is 2.41. The van der Waals surface area contributed by atoms with Crippen LogP contribution in [0.4, 0.5) is 5.69 Å². The van der Waals surface area contributed by atoms with Crippen LogP contribution < -0.4 is 5.32 Å². The first-order valence-electron chi connectivity index (χ1n) is 5.47. The molecule has 0 aliphatic carbocycles. The number of amides is 1. The highest BCUT2D eigenvalue weighted by Crippen LogP contribution is 2.13. The van der Waals surface area contributed by atoms with Crippen molar-refractivity contribution in [2.24, 2.45) is 0 Å². The lowest BCUT2D eigenvalue weighted by molar-refractivity contribution is -0.115. The summed E-state index contributed by atoms with van der Waals surface area (Å²) in [6.45, 7) is 0. The fourth-order valence-electron chi connectivity index (χ4n) is 1.57. The van der Waals surface area contributed by atoms with Gasteiger partial charge in [-0.1, -0.05) is 18.2 Å². The maximum Gasteiger partial charge on any atom is 0.228 e. The highest BCUT2D eigenvalue weighted by Gasteiger charge is 2.04. The van der Waals surface area contributed by atoms with Gasteiger partial charge in [0.15, 0.2) is 0 Å². The molecule has 0 atom stereocenters. The zero-order valence-electron chi connectivity index (χ0n) is 9.56. The molecule has 2 aromatic rings. The summed E-state index contributed by atoms with van der Waals surface area (Å²) in [5.74, 6) is -0.0103. The minimum absolute atomic E-state index is 0.0103. The molecule has 2 rings (SSSR count). The number of anilines is 1. The van der Waals surface area contributed by atoms with Crippen LogP contribution in [0, 0.1) is 3.57 Å². The smallest absolute Gasteiger partial charge is 0.228 e. The summed E-state index contributed by atoms with van der Waals surface area (Å²) in [6, 6.07) is 15.3. The summed E-state index contributed by atoms with van der Waals surface area (Å²) in [6.07, 6.45) is 0.375. The Labute approximate surface area is 125 Å². The van der Waals surface area contributed by atoms with E-state index in [2.05, 4.69) is 40.5 Å². The first-order valence-corrected chi connectivity index (χ1v) is 6.99. The maximum absolute atomic E-state index is 11.8. The van der Waals surface area contributed by atoms with Crippen molar-refractivity contribution in [2.75, 3.05) is 5.32 Å². The van der Waals surface area contributed by atoms with Gasteiger partial charge in [0.2, 0.25) is 5.91 Å². The van der Waals surface area contributed by atoms with E-state index >= 15 is 0 Å². The Balaban J connectivity index is 1.98. The topological polar surface area (TPSA) is 29.1 Å². The number of rotatable bonds is 3. The lowest BCUT2D eigenvalue weighted by Crippen LogP contribution is -2.14. The van der Waals surface area contributed by atoms with E-state index in [1.165, 1.54) is 0 Å². The molecule has 0 aliphatic heterocycles. The summed E-state index contributed by atoms with van der Waals surface area (Å²) >= 11 is 6.43. The van der Waals surface area contributed by atoms with Crippen LogP contribution in [0.15, 0.2) is 53.4 Å². The van der Waals surface area contributed by atoms with Gasteiger partial charge in [-0.05, 0) is 58.5 Å². The fraction of sp³-hybridized carbons (Fsp3) is 0.0714. The number of halogens is 1. The fourth-order valence-corrected chi connectivity index (χ4v) is 2.26. The predicted molar refractivity (Wildman–Crippen MR) is 85.2 cm³/mol. The van der Waals surface area contributed by atoms with Crippen molar-refractivity contribution in [3.8, 4) is 0 Å². The summed E-state index contributed by atoms with van der Waals surface area (Å²) in [5.41, 5.74) is 1.81. The van der Waals surface area contributed by atoms with Crippen molar-refractivity contribution >= 4 is 46.8 Å². The van der Waals surface area contributed by atoms with Gasteiger partial charge in [0, 0.05) is 14.2 Å². The molecule has 1 N–H and O–H groups in total. The van der Waals surface area contributed by atoms with Crippen LogP contribution in [-0.2, 0) is 11.2 Å². The van der Waals surface area contributed by atoms with Gasteiger partial charge in [0.05, 0.1) is 6.42 Å². The number of nitrogens with one attached hydrogen (secondary N) is 1. The van der Waals surface area contributed by atoms with Crippen LogP contribution in [-0.4, -0.2) is 5.91 Å². The van der Waals surface area contributed by atoms with E-state index in [0.717, 1.165) is 19.7 Å². The largest absolute Gasteiger partial charge is 0.326 e. The zero-order valence-corrected chi connectivity index (χ0v) is 12.6. The minimum atomic E-state index is -0.0103. The van der Waals surface area contributed by atoms with Gasteiger partial charge in [-0.25, -0.2) is 0 Å². The molecule has 18 heavy (non-hydrogen) atoms. The molecule has 0 fully saturated rings. The van der Waals surface area contributed by atoms with Gasteiger partial charge in [-0.15, -0.1) is 12.6 Å². The van der Waals surface area contributed by atoms with Crippen LogP contribution in [0.25, 0.3) is 0 Å². The zero-order chi connectivity index (χ0) is 13.0. The number of carbonyl (C=O) groups is 1. The molecule has 0 aromatic heterocycles. The molecular weight excluding hydrogens is 357 g/mol. The number of carbonyl (C=O) groups excluding carboxylic acids is 1. The minimum Gasteiger partial charge on any atom is -0.326 e. The Hall–Kier alpha value is -1.01. The van der Waals surface area contributed by atoms with E-state index in [4.69, 9.17) is 0 Å². The molecule has 1 amide bonds. The summed E-state index contributed by atoms with van der Waals surface area (Å²) in [7, 11) is 0. The van der Waals surface area contributed by atoms with Crippen LogP contribution >= 0.6 is 35.2 Å². The summed E-state index contributed by atoms with van der Waals surface area (Å²) in [5, 5.41) is 2.88. The van der Waals surface area contributed by atoms with Gasteiger partial charge < -0.3 is 5.32 Å². The van der Waals surface area contributed by atoms with E-state index in [0.29, 0.717) is 6.42 Å². The number of hydrogen-bond acceptors (Lipinski definition) is 2. The average Bonchev–Trinajstić information content (AvgIpc) is 2.32. The molecule has 0 heterocycles. The second-order valence-electron chi connectivity index (χ2n) is 3.90. The van der Waals surface area contributed by atoms with Crippen LogP contribution in [0.5, 0.6) is 0 Å². The first kappa shape index (κ1) is 13.4. The monoisotopic (exact) mass is 369 g/mol. The highest BCUT2D eigenvalue weighted by atomic mass is 127. The van der Waals surface area contributed by atoms with Gasteiger partial charge in [0.1, 0.15) is 0 Å². The molecule has 4 heteroatoms. The third-order valence-corrected chi connectivity index (χ3v) is 3.38. The van der Waals surface area contributed by atoms with Crippen molar-refractivity contribution in [1.29, 1.82) is 0 Å². The molecule has 0 bridgehead atoms. The van der Waals surface area contributed by atoms with Crippen LogP contribution in [0.1, 0.15) is 5.56 Å². The molecule has 92 valence electrons. The first-order chi connectivity index (χ1) is 8.63. The second-order valence-corrected chi connectivity index (χ2v) is 5.66.